The summed E-state index contributed by atoms with van der Waals surface area (Å²) in [5, 5.41) is 2.79. The second-order valence-electron chi connectivity index (χ2n) is 5.91. The normalized spacial score (nSPS) is 23.4. The Morgan fingerprint density at radius 3 is 2.29 bits per heavy atom. The van der Waals surface area contributed by atoms with Gasteiger partial charge in [0.25, 0.3) is 0 Å². The second-order valence-corrected chi connectivity index (χ2v) is 5.91. The molecule has 1 fully saturated rings. The number of nitrogens with two attached hydrogens (primary N) is 1. The molecule has 0 aromatic rings. The number of nitrogens with zero attached hydrogens (tertiary/aromatic N) is 1. The van der Waals surface area contributed by atoms with Crippen LogP contribution in [0.1, 0.15) is 27.7 Å². The van der Waals surface area contributed by atoms with Crippen molar-refractivity contribution < 1.29 is 9.53 Å². The summed E-state index contributed by atoms with van der Waals surface area (Å²) in [5.41, 5.74) is 4.92. The predicted molar refractivity (Wildman–Crippen MR) is 67.7 cm³/mol. The van der Waals surface area contributed by atoms with E-state index >= 15 is 0 Å². The molecular formula is C12H25N3O2. The van der Waals surface area contributed by atoms with E-state index in [0.717, 1.165) is 13.1 Å². The first-order valence-electron chi connectivity index (χ1n) is 6.13. The average Bonchev–Trinajstić information content (AvgIpc) is 2.09. The van der Waals surface area contributed by atoms with Gasteiger partial charge in [-0.05, 0) is 27.7 Å². The zero-order valence-electron chi connectivity index (χ0n) is 11.4. The molecule has 5 nitrogen and oxygen atoms in total. The summed E-state index contributed by atoms with van der Waals surface area (Å²) in [5.74, 6) is 0.0314. The Kier molecular flexibility index (Phi) is 4.52. The van der Waals surface area contributed by atoms with E-state index in [4.69, 9.17) is 10.5 Å². The average molecular weight is 243 g/mol. The van der Waals surface area contributed by atoms with Gasteiger partial charge < -0.3 is 15.8 Å². The summed E-state index contributed by atoms with van der Waals surface area (Å²) in [6.45, 7) is 11.2. The first-order chi connectivity index (χ1) is 7.74. The molecule has 0 saturated carbocycles. The quantitative estimate of drug-likeness (QED) is 0.726. The van der Waals surface area contributed by atoms with Gasteiger partial charge in [0.2, 0.25) is 5.91 Å². The minimum atomic E-state index is -0.212. The van der Waals surface area contributed by atoms with Gasteiger partial charge in [0.05, 0.1) is 17.7 Å². The van der Waals surface area contributed by atoms with Gasteiger partial charge in [-0.25, -0.2) is 0 Å². The monoisotopic (exact) mass is 243 g/mol. The van der Waals surface area contributed by atoms with Crippen LogP contribution in [0.5, 0.6) is 0 Å². The van der Waals surface area contributed by atoms with Gasteiger partial charge in [0, 0.05) is 26.2 Å². The van der Waals surface area contributed by atoms with Gasteiger partial charge in [0.15, 0.2) is 0 Å². The van der Waals surface area contributed by atoms with Gasteiger partial charge in [-0.1, -0.05) is 0 Å². The van der Waals surface area contributed by atoms with Crippen LogP contribution >= 0.6 is 0 Å². The van der Waals surface area contributed by atoms with Crippen molar-refractivity contribution in [2.75, 3.05) is 32.7 Å². The minimum Gasteiger partial charge on any atom is -0.367 e. The Balaban J connectivity index is 2.51. The third kappa shape index (κ3) is 5.02. The molecule has 1 aliphatic heterocycles. The zero-order chi connectivity index (χ0) is 13.1. The number of morpholine rings is 1. The lowest BCUT2D eigenvalue weighted by molar-refractivity contribution is -0.181. The Bertz CT molecular complexity index is 261. The summed E-state index contributed by atoms with van der Waals surface area (Å²) < 4.78 is 5.96. The summed E-state index contributed by atoms with van der Waals surface area (Å²) in [7, 11) is 0. The van der Waals surface area contributed by atoms with Crippen molar-refractivity contribution in [3.63, 3.8) is 0 Å². The van der Waals surface area contributed by atoms with Crippen LogP contribution in [-0.4, -0.2) is 54.7 Å². The van der Waals surface area contributed by atoms with Crippen LogP contribution in [0.3, 0.4) is 0 Å². The molecule has 0 unspecified atom stereocenters. The molecule has 1 heterocycles. The molecule has 0 aromatic heterocycles. The van der Waals surface area contributed by atoms with Crippen molar-refractivity contribution in [2.24, 2.45) is 5.73 Å². The summed E-state index contributed by atoms with van der Waals surface area (Å²) in [6.07, 6.45) is 0. The van der Waals surface area contributed by atoms with Gasteiger partial charge in [-0.3, -0.25) is 9.69 Å². The van der Waals surface area contributed by atoms with E-state index < -0.39 is 0 Å². The van der Waals surface area contributed by atoms with Gasteiger partial charge >= 0.3 is 0 Å². The molecule has 1 aliphatic rings. The van der Waals surface area contributed by atoms with Crippen LogP contribution in [0.25, 0.3) is 0 Å². The highest BCUT2D eigenvalue weighted by Gasteiger charge is 2.38. The maximum Gasteiger partial charge on any atom is 0.234 e. The number of hydrogen-bond donors (Lipinski definition) is 2. The van der Waals surface area contributed by atoms with Crippen molar-refractivity contribution in [3.05, 3.63) is 0 Å². The topological polar surface area (TPSA) is 67.6 Å². The van der Waals surface area contributed by atoms with Crippen molar-refractivity contribution in [1.29, 1.82) is 0 Å². The lowest BCUT2D eigenvalue weighted by Gasteiger charge is -2.46. The van der Waals surface area contributed by atoms with E-state index in [1.165, 1.54) is 0 Å². The lowest BCUT2D eigenvalue weighted by atomic mass is 9.99. The van der Waals surface area contributed by atoms with Crippen LogP contribution < -0.4 is 11.1 Å². The lowest BCUT2D eigenvalue weighted by Crippen LogP contribution is -2.58. The fourth-order valence-corrected chi connectivity index (χ4v) is 2.53. The van der Waals surface area contributed by atoms with E-state index in [1.54, 1.807) is 0 Å². The van der Waals surface area contributed by atoms with Crippen LogP contribution in [0.2, 0.25) is 0 Å². The van der Waals surface area contributed by atoms with Crippen LogP contribution in [0.15, 0.2) is 0 Å². The molecule has 1 amide bonds. The SMILES string of the molecule is CC1(C)CN(CC(=O)NCCN)CC(C)(C)O1. The van der Waals surface area contributed by atoms with Gasteiger partial charge in [-0.2, -0.15) is 0 Å². The van der Waals surface area contributed by atoms with E-state index in [9.17, 15) is 4.79 Å². The number of carbonyl (C=O) groups is 1. The maximum atomic E-state index is 11.6. The second kappa shape index (κ2) is 5.33. The van der Waals surface area contributed by atoms with Crippen molar-refractivity contribution >= 4 is 5.91 Å². The van der Waals surface area contributed by atoms with Crippen molar-refractivity contribution in [3.8, 4) is 0 Å². The highest BCUT2D eigenvalue weighted by molar-refractivity contribution is 5.78. The van der Waals surface area contributed by atoms with Crippen LogP contribution in [0, 0.1) is 0 Å². The Morgan fingerprint density at radius 1 is 1.29 bits per heavy atom. The molecule has 3 N–H and O–H groups in total. The first kappa shape index (κ1) is 14.4. The van der Waals surface area contributed by atoms with Gasteiger partial charge in [0.1, 0.15) is 0 Å². The third-order valence-electron chi connectivity index (χ3n) is 2.60. The molecule has 0 radical (unpaired) electrons. The largest absolute Gasteiger partial charge is 0.367 e. The standard InChI is InChI=1S/C12H25N3O2/c1-11(2)8-15(9-12(3,4)17-11)7-10(16)14-6-5-13/h5-9,13H2,1-4H3,(H,14,16). The molecule has 0 spiro atoms. The molecular weight excluding hydrogens is 218 g/mol. The number of nitrogens with one attached hydrogen (secondary N) is 1. The molecule has 5 heteroatoms. The molecule has 0 atom stereocenters. The third-order valence-corrected chi connectivity index (χ3v) is 2.60. The summed E-state index contributed by atoms with van der Waals surface area (Å²) >= 11 is 0. The molecule has 0 aliphatic carbocycles. The Labute approximate surface area is 104 Å². The molecule has 17 heavy (non-hydrogen) atoms. The highest BCUT2D eigenvalue weighted by Crippen LogP contribution is 2.27. The number of rotatable bonds is 4. The van der Waals surface area contributed by atoms with E-state index in [2.05, 4.69) is 37.9 Å². The summed E-state index contributed by atoms with van der Waals surface area (Å²) in [6, 6.07) is 0. The minimum absolute atomic E-state index is 0.0314. The van der Waals surface area contributed by atoms with Gasteiger partial charge in [-0.15, -0.1) is 0 Å². The van der Waals surface area contributed by atoms with E-state index in [-0.39, 0.29) is 17.1 Å². The van der Waals surface area contributed by atoms with Crippen molar-refractivity contribution in [1.82, 2.24) is 10.2 Å². The van der Waals surface area contributed by atoms with Crippen LogP contribution in [0.4, 0.5) is 0 Å². The van der Waals surface area contributed by atoms with Crippen molar-refractivity contribution in [2.45, 2.75) is 38.9 Å². The number of ether oxygens (including phenoxy) is 1. The maximum absolute atomic E-state index is 11.6. The predicted octanol–water partition coefficient (Wildman–Crippen LogP) is -0.0493. The number of amides is 1. The number of carbonyl (C=O) groups excluding carboxylic acids is 1. The molecule has 100 valence electrons. The summed E-state index contributed by atoms with van der Waals surface area (Å²) in [4.78, 5) is 13.8. The fourth-order valence-electron chi connectivity index (χ4n) is 2.53. The highest BCUT2D eigenvalue weighted by atomic mass is 16.5. The zero-order valence-corrected chi connectivity index (χ0v) is 11.4. The molecule has 0 aromatic carbocycles. The first-order valence-corrected chi connectivity index (χ1v) is 6.13. The number of hydrogen-bond acceptors (Lipinski definition) is 4. The Morgan fingerprint density at radius 2 is 1.82 bits per heavy atom. The Hall–Kier alpha value is -0.650. The fraction of sp³-hybridized carbons (Fsp3) is 0.917. The van der Waals surface area contributed by atoms with Crippen LogP contribution in [-0.2, 0) is 9.53 Å². The smallest absolute Gasteiger partial charge is 0.234 e. The van der Waals surface area contributed by atoms with E-state index in [0.29, 0.717) is 19.6 Å². The molecule has 0 bridgehead atoms. The van der Waals surface area contributed by atoms with E-state index in [1.807, 2.05) is 0 Å². The molecule has 1 rings (SSSR count). The molecule has 1 saturated heterocycles.